The summed E-state index contributed by atoms with van der Waals surface area (Å²) in [5.74, 6) is 1.63. The van der Waals surface area contributed by atoms with Crippen LogP contribution in [0.4, 0.5) is 0 Å². The SMILES string of the molecule is C[C@@H]1CC=C[C@H]2CC=C[C@@]12C. The van der Waals surface area contributed by atoms with Crippen molar-refractivity contribution in [2.75, 3.05) is 0 Å². The summed E-state index contributed by atoms with van der Waals surface area (Å²) in [5, 5.41) is 0. The molecule has 0 aromatic carbocycles. The fourth-order valence-electron chi connectivity index (χ4n) is 2.36. The summed E-state index contributed by atoms with van der Waals surface area (Å²) >= 11 is 0. The van der Waals surface area contributed by atoms with Crippen LogP contribution >= 0.6 is 0 Å². The topological polar surface area (TPSA) is 0 Å². The highest BCUT2D eigenvalue weighted by atomic mass is 14.4. The number of hydrogen-bond acceptors (Lipinski definition) is 0. The van der Waals surface area contributed by atoms with Crippen LogP contribution < -0.4 is 0 Å². The molecule has 0 radical (unpaired) electrons. The predicted octanol–water partition coefficient (Wildman–Crippen LogP) is 3.16. The first-order chi connectivity index (χ1) is 5.23. The first-order valence-corrected chi connectivity index (χ1v) is 4.58. The van der Waals surface area contributed by atoms with Gasteiger partial charge in [-0.25, -0.2) is 0 Å². The second-order valence-corrected chi connectivity index (χ2v) is 4.18. The molecule has 0 aliphatic heterocycles. The Morgan fingerprint density at radius 3 is 2.82 bits per heavy atom. The third-order valence-corrected chi connectivity index (χ3v) is 3.59. The summed E-state index contributed by atoms with van der Waals surface area (Å²) in [6, 6.07) is 0. The lowest BCUT2D eigenvalue weighted by Gasteiger charge is -2.37. The van der Waals surface area contributed by atoms with Gasteiger partial charge in [-0.3, -0.25) is 0 Å². The lowest BCUT2D eigenvalue weighted by molar-refractivity contribution is 0.205. The van der Waals surface area contributed by atoms with Crippen LogP contribution in [0.2, 0.25) is 0 Å². The summed E-state index contributed by atoms with van der Waals surface area (Å²) in [7, 11) is 0. The Bertz CT molecular complexity index is 212. The molecule has 0 unspecified atom stereocenters. The summed E-state index contributed by atoms with van der Waals surface area (Å²) in [4.78, 5) is 0. The molecule has 2 rings (SSSR count). The van der Waals surface area contributed by atoms with E-state index >= 15 is 0 Å². The average Bonchev–Trinajstić information content (AvgIpc) is 2.34. The number of rotatable bonds is 0. The monoisotopic (exact) mass is 148 g/mol. The van der Waals surface area contributed by atoms with Crippen molar-refractivity contribution < 1.29 is 0 Å². The average molecular weight is 148 g/mol. The van der Waals surface area contributed by atoms with Gasteiger partial charge in [0.05, 0.1) is 0 Å². The standard InChI is InChI=1S/C11H16/c1-9-5-3-6-10-7-4-8-11(9,10)2/h3-4,6,8-10H,5,7H2,1-2H3/t9-,10+,11+/m1/s1. The third kappa shape index (κ3) is 0.885. The van der Waals surface area contributed by atoms with E-state index in [4.69, 9.17) is 0 Å². The van der Waals surface area contributed by atoms with Gasteiger partial charge in [0.2, 0.25) is 0 Å². The molecule has 0 saturated carbocycles. The van der Waals surface area contributed by atoms with Crippen LogP contribution in [-0.2, 0) is 0 Å². The largest absolute Gasteiger partial charge is 0.0879 e. The minimum Gasteiger partial charge on any atom is -0.0879 e. The zero-order valence-corrected chi connectivity index (χ0v) is 7.38. The molecular weight excluding hydrogens is 132 g/mol. The van der Waals surface area contributed by atoms with Crippen LogP contribution in [0.15, 0.2) is 24.3 Å². The van der Waals surface area contributed by atoms with Crippen molar-refractivity contribution >= 4 is 0 Å². The van der Waals surface area contributed by atoms with Crippen LogP contribution in [0, 0.1) is 17.3 Å². The Labute approximate surface area is 69.0 Å². The molecule has 0 heterocycles. The Kier molecular flexibility index (Phi) is 1.45. The summed E-state index contributed by atoms with van der Waals surface area (Å²) in [6.45, 7) is 4.77. The van der Waals surface area contributed by atoms with Crippen molar-refractivity contribution in [1.82, 2.24) is 0 Å². The minimum absolute atomic E-state index is 0.481. The highest BCUT2D eigenvalue weighted by molar-refractivity contribution is 5.19. The van der Waals surface area contributed by atoms with E-state index in [1.54, 1.807) is 0 Å². The van der Waals surface area contributed by atoms with Gasteiger partial charge in [0.1, 0.15) is 0 Å². The lowest BCUT2D eigenvalue weighted by Crippen LogP contribution is -2.30. The third-order valence-electron chi connectivity index (χ3n) is 3.59. The smallest absolute Gasteiger partial charge is 0.00523 e. The van der Waals surface area contributed by atoms with Gasteiger partial charge in [-0.2, -0.15) is 0 Å². The molecule has 2 aliphatic rings. The second-order valence-electron chi connectivity index (χ2n) is 4.18. The second kappa shape index (κ2) is 2.23. The minimum atomic E-state index is 0.481. The Hall–Kier alpha value is -0.520. The highest BCUT2D eigenvalue weighted by Gasteiger charge is 2.39. The molecule has 0 bridgehead atoms. The van der Waals surface area contributed by atoms with Crippen LogP contribution in [0.1, 0.15) is 26.7 Å². The summed E-state index contributed by atoms with van der Waals surface area (Å²) in [5.41, 5.74) is 0.481. The van der Waals surface area contributed by atoms with E-state index in [0.29, 0.717) is 5.41 Å². The lowest BCUT2D eigenvalue weighted by atomic mass is 9.67. The maximum Gasteiger partial charge on any atom is -0.00523 e. The Morgan fingerprint density at radius 2 is 2.09 bits per heavy atom. The fraction of sp³-hybridized carbons (Fsp3) is 0.636. The van der Waals surface area contributed by atoms with Gasteiger partial charge in [0.15, 0.2) is 0 Å². The maximum absolute atomic E-state index is 2.42. The summed E-state index contributed by atoms with van der Waals surface area (Å²) in [6.07, 6.45) is 12.0. The molecule has 0 spiro atoms. The number of hydrogen-bond donors (Lipinski definition) is 0. The Morgan fingerprint density at radius 1 is 1.27 bits per heavy atom. The molecule has 0 fully saturated rings. The van der Waals surface area contributed by atoms with E-state index in [9.17, 15) is 0 Å². The van der Waals surface area contributed by atoms with Gasteiger partial charge >= 0.3 is 0 Å². The molecule has 2 aliphatic carbocycles. The van der Waals surface area contributed by atoms with Gasteiger partial charge in [-0.05, 0) is 30.1 Å². The van der Waals surface area contributed by atoms with Crippen molar-refractivity contribution in [3.05, 3.63) is 24.3 Å². The Balaban J connectivity index is 2.34. The van der Waals surface area contributed by atoms with Crippen molar-refractivity contribution in [1.29, 1.82) is 0 Å². The van der Waals surface area contributed by atoms with Crippen LogP contribution in [0.5, 0.6) is 0 Å². The van der Waals surface area contributed by atoms with Gasteiger partial charge in [-0.1, -0.05) is 38.2 Å². The number of fused-ring (bicyclic) bond motifs is 1. The quantitative estimate of drug-likeness (QED) is 0.463. The maximum atomic E-state index is 2.42. The molecule has 0 N–H and O–H groups in total. The molecule has 0 heteroatoms. The van der Waals surface area contributed by atoms with E-state index in [-0.39, 0.29) is 0 Å². The fourth-order valence-corrected chi connectivity index (χ4v) is 2.36. The van der Waals surface area contributed by atoms with Gasteiger partial charge in [0.25, 0.3) is 0 Å². The molecular formula is C11H16. The predicted molar refractivity (Wildman–Crippen MR) is 48.3 cm³/mol. The van der Waals surface area contributed by atoms with Gasteiger partial charge < -0.3 is 0 Å². The first-order valence-electron chi connectivity index (χ1n) is 4.58. The van der Waals surface area contributed by atoms with E-state index < -0.39 is 0 Å². The van der Waals surface area contributed by atoms with Crippen molar-refractivity contribution in [2.24, 2.45) is 17.3 Å². The zero-order valence-electron chi connectivity index (χ0n) is 7.38. The van der Waals surface area contributed by atoms with Crippen LogP contribution in [0.25, 0.3) is 0 Å². The van der Waals surface area contributed by atoms with Gasteiger partial charge in [0, 0.05) is 0 Å². The van der Waals surface area contributed by atoms with E-state index in [1.807, 2.05) is 0 Å². The molecule has 0 aromatic rings. The molecule has 3 atom stereocenters. The van der Waals surface area contributed by atoms with E-state index in [1.165, 1.54) is 12.8 Å². The molecule has 60 valence electrons. The molecule has 11 heavy (non-hydrogen) atoms. The van der Waals surface area contributed by atoms with E-state index in [0.717, 1.165) is 11.8 Å². The first kappa shape index (κ1) is 7.15. The van der Waals surface area contributed by atoms with Gasteiger partial charge in [-0.15, -0.1) is 0 Å². The van der Waals surface area contributed by atoms with E-state index in [2.05, 4.69) is 38.2 Å². The van der Waals surface area contributed by atoms with Crippen molar-refractivity contribution in [2.45, 2.75) is 26.7 Å². The normalized spacial score (nSPS) is 47.8. The van der Waals surface area contributed by atoms with Crippen molar-refractivity contribution in [3.8, 4) is 0 Å². The van der Waals surface area contributed by atoms with Crippen LogP contribution in [-0.4, -0.2) is 0 Å². The zero-order chi connectivity index (χ0) is 7.90. The highest BCUT2D eigenvalue weighted by Crippen LogP contribution is 2.48. The molecule has 0 saturated heterocycles. The molecule has 0 amide bonds. The number of allylic oxidation sites excluding steroid dienone is 4. The molecule has 0 aromatic heterocycles. The van der Waals surface area contributed by atoms with Crippen LogP contribution in [0.3, 0.4) is 0 Å². The molecule has 0 nitrogen and oxygen atoms in total. The van der Waals surface area contributed by atoms with Crippen molar-refractivity contribution in [3.63, 3.8) is 0 Å². The summed E-state index contributed by atoms with van der Waals surface area (Å²) < 4.78 is 0.